The van der Waals surface area contributed by atoms with E-state index in [-0.39, 0.29) is 36.1 Å². The molecule has 0 spiro atoms. The molecule has 0 saturated heterocycles. The lowest BCUT2D eigenvalue weighted by atomic mass is 9.86. The number of carbonyl (C=O) groups excluding carboxylic acids is 2. The summed E-state index contributed by atoms with van der Waals surface area (Å²) in [5.74, 6) is -4.17. The average Bonchev–Trinajstić information content (AvgIpc) is 3.31. The predicted molar refractivity (Wildman–Crippen MR) is 142 cm³/mol. The molecule has 2 aromatic heterocycles. The van der Waals surface area contributed by atoms with Gasteiger partial charge in [0.05, 0.1) is 17.8 Å². The Kier molecular flexibility index (Phi) is 9.25. The van der Waals surface area contributed by atoms with E-state index >= 15 is 0 Å². The second-order valence-corrected chi connectivity index (χ2v) is 9.84. The van der Waals surface area contributed by atoms with E-state index < -0.39 is 53.4 Å². The van der Waals surface area contributed by atoms with Crippen LogP contribution in [0.4, 0.5) is 26.3 Å². The third-order valence-electron chi connectivity index (χ3n) is 6.57. The lowest BCUT2D eigenvalue weighted by molar-refractivity contribution is -0.142. The van der Waals surface area contributed by atoms with Crippen LogP contribution in [0.15, 0.2) is 60.9 Å². The van der Waals surface area contributed by atoms with Crippen LogP contribution in [0.1, 0.15) is 52.1 Å². The number of Topliss-reactive ketones (excluding diaryl/α,β-unsaturated/α-hetero) is 2. The van der Waals surface area contributed by atoms with E-state index in [0.717, 1.165) is 29.1 Å². The molecule has 12 heteroatoms. The SMILES string of the molecule is CNCc1cn(CC(=O)C[C@@H](Cc2cc(F)cc(F)c2)c2ncccc2-c2ccc(F)c(C(C)=O)c2)nc1C(F)(F)F. The summed E-state index contributed by atoms with van der Waals surface area (Å²) in [7, 11) is 1.48. The topological polar surface area (TPSA) is 76.9 Å². The molecule has 42 heavy (non-hydrogen) atoms. The van der Waals surface area contributed by atoms with Crippen molar-refractivity contribution in [1.29, 1.82) is 0 Å². The molecule has 2 aromatic carbocycles. The summed E-state index contributed by atoms with van der Waals surface area (Å²) in [6, 6.07) is 10.1. The Morgan fingerprint density at radius 2 is 1.74 bits per heavy atom. The molecule has 0 saturated carbocycles. The molecule has 1 N–H and O–H groups in total. The molecule has 0 amide bonds. The van der Waals surface area contributed by atoms with Crippen molar-refractivity contribution in [3.63, 3.8) is 0 Å². The number of carbonyl (C=O) groups is 2. The minimum Gasteiger partial charge on any atom is -0.316 e. The summed E-state index contributed by atoms with van der Waals surface area (Å²) in [6.07, 6.45) is -2.46. The van der Waals surface area contributed by atoms with Crippen LogP contribution in [0.3, 0.4) is 0 Å². The molecule has 4 rings (SSSR count). The summed E-state index contributed by atoms with van der Waals surface area (Å²) in [4.78, 5) is 29.7. The van der Waals surface area contributed by atoms with Crippen LogP contribution in [0, 0.1) is 17.5 Å². The Morgan fingerprint density at radius 3 is 2.38 bits per heavy atom. The maximum Gasteiger partial charge on any atom is 0.435 e. The van der Waals surface area contributed by atoms with Crippen molar-refractivity contribution in [2.45, 2.75) is 44.9 Å². The number of nitrogens with one attached hydrogen (secondary N) is 1. The molecule has 0 bridgehead atoms. The smallest absolute Gasteiger partial charge is 0.316 e. The number of benzene rings is 2. The third-order valence-corrected chi connectivity index (χ3v) is 6.57. The van der Waals surface area contributed by atoms with Gasteiger partial charge in [0, 0.05) is 48.5 Å². The van der Waals surface area contributed by atoms with Gasteiger partial charge >= 0.3 is 6.18 Å². The van der Waals surface area contributed by atoms with E-state index in [4.69, 9.17) is 0 Å². The van der Waals surface area contributed by atoms with Crippen LogP contribution in [0.5, 0.6) is 0 Å². The summed E-state index contributed by atoms with van der Waals surface area (Å²) in [5.41, 5.74) is 0.0219. The van der Waals surface area contributed by atoms with Gasteiger partial charge < -0.3 is 5.32 Å². The maximum absolute atomic E-state index is 14.3. The van der Waals surface area contributed by atoms with Crippen LogP contribution in [-0.4, -0.2) is 33.4 Å². The van der Waals surface area contributed by atoms with Gasteiger partial charge in [0.2, 0.25) is 0 Å². The largest absolute Gasteiger partial charge is 0.435 e. The van der Waals surface area contributed by atoms with Crippen molar-refractivity contribution in [2.75, 3.05) is 7.05 Å². The fraction of sp³-hybridized carbons (Fsp3) is 0.267. The van der Waals surface area contributed by atoms with Gasteiger partial charge in [-0.1, -0.05) is 12.1 Å². The van der Waals surface area contributed by atoms with Gasteiger partial charge in [-0.2, -0.15) is 18.3 Å². The number of aromatic nitrogens is 3. The van der Waals surface area contributed by atoms with Crippen LogP contribution in [0.25, 0.3) is 11.1 Å². The van der Waals surface area contributed by atoms with E-state index in [1.807, 2.05) is 0 Å². The maximum atomic E-state index is 14.3. The summed E-state index contributed by atoms with van der Waals surface area (Å²) >= 11 is 0. The zero-order valence-electron chi connectivity index (χ0n) is 22.6. The lowest BCUT2D eigenvalue weighted by Gasteiger charge is -2.20. The lowest BCUT2D eigenvalue weighted by Crippen LogP contribution is -2.18. The first-order chi connectivity index (χ1) is 19.8. The molecule has 4 aromatic rings. The van der Waals surface area contributed by atoms with Gasteiger partial charge in [0.1, 0.15) is 17.5 Å². The number of hydrogen-bond acceptors (Lipinski definition) is 5. The van der Waals surface area contributed by atoms with E-state index in [9.17, 15) is 35.9 Å². The van der Waals surface area contributed by atoms with Crippen molar-refractivity contribution in [3.05, 3.63) is 106 Å². The second kappa shape index (κ2) is 12.7. The summed E-state index contributed by atoms with van der Waals surface area (Å²) in [6.45, 7) is 0.607. The minimum atomic E-state index is -4.72. The number of alkyl halides is 3. The Morgan fingerprint density at radius 1 is 1.02 bits per heavy atom. The second-order valence-electron chi connectivity index (χ2n) is 9.84. The first kappa shape index (κ1) is 30.6. The molecular weight excluding hydrogens is 562 g/mol. The van der Waals surface area contributed by atoms with Crippen LogP contribution < -0.4 is 5.32 Å². The normalized spacial score (nSPS) is 12.4. The van der Waals surface area contributed by atoms with Crippen LogP contribution in [0.2, 0.25) is 0 Å². The van der Waals surface area contributed by atoms with Crippen molar-refractivity contribution in [1.82, 2.24) is 20.1 Å². The first-order valence-corrected chi connectivity index (χ1v) is 12.9. The zero-order valence-corrected chi connectivity index (χ0v) is 22.6. The van der Waals surface area contributed by atoms with Crippen molar-refractivity contribution >= 4 is 11.6 Å². The fourth-order valence-electron chi connectivity index (χ4n) is 4.85. The van der Waals surface area contributed by atoms with Gasteiger partial charge in [-0.25, -0.2) is 13.2 Å². The highest BCUT2D eigenvalue weighted by atomic mass is 19.4. The van der Waals surface area contributed by atoms with Crippen molar-refractivity contribution in [2.24, 2.45) is 0 Å². The number of rotatable bonds is 11. The molecule has 0 radical (unpaired) electrons. The third kappa shape index (κ3) is 7.30. The van der Waals surface area contributed by atoms with Crippen LogP contribution in [-0.2, 0) is 30.5 Å². The Hall–Kier alpha value is -4.32. The monoisotopic (exact) mass is 588 g/mol. The van der Waals surface area contributed by atoms with Gasteiger partial charge in [-0.05, 0) is 61.9 Å². The molecule has 0 unspecified atom stereocenters. The van der Waals surface area contributed by atoms with Gasteiger partial charge in [0.25, 0.3) is 0 Å². The fourth-order valence-corrected chi connectivity index (χ4v) is 4.85. The molecular formula is C30H26F6N4O2. The molecule has 0 aliphatic rings. The quantitative estimate of drug-likeness (QED) is 0.165. The van der Waals surface area contributed by atoms with E-state index in [0.29, 0.717) is 22.9 Å². The highest BCUT2D eigenvalue weighted by molar-refractivity contribution is 5.95. The van der Waals surface area contributed by atoms with E-state index in [2.05, 4.69) is 15.4 Å². The number of ketones is 2. The molecule has 0 aliphatic heterocycles. The van der Waals surface area contributed by atoms with Crippen molar-refractivity contribution in [3.8, 4) is 11.1 Å². The molecule has 6 nitrogen and oxygen atoms in total. The van der Waals surface area contributed by atoms with E-state index in [1.54, 1.807) is 12.1 Å². The van der Waals surface area contributed by atoms with E-state index in [1.165, 1.54) is 32.3 Å². The molecule has 2 heterocycles. The highest BCUT2D eigenvalue weighted by Crippen LogP contribution is 2.34. The number of halogens is 6. The number of hydrogen-bond donors (Lipinski definition) is 1. The Balaban J connectivity index is 1.72. The van der Waals surface area contributed by atoms with Gasteiger partial charge in [0.15, 0.2) is 17.3 Å². The number of pyridine rings is 1. The van der Waals surface area contributed by atoms with Gasteiger partial charge in [-0.15, -0.1) is 0 Å². The summed E-state index contributed by atoms with van der Waals surface area (Å²) < 4.78 is 83.6. The Labute approximate surface area is 237 Å². The molecule has 0 fully saturated rings. The van der Waals surface area contributed by atoms with Gasteiger partial charge in [-0.3, -0.25) is 19.3 Å². The average molecular weight is 589 g/mol. The standard InChI is InChI=1S/C30H26F6N4O2/c1-17(41)26-12-19(5-6-27(26)33)25-4-3-7-38-28(25)20(8-18-9-22(31)13-23(32)10-18)11-24(42)16-40-15-21(14-37-2)29(39-40)30(34,35)36/h3-7,9-10,12-13,15,20,37H,8,11,14,16H2,1-2H3/t20-/m1/s1. The predicted octanol–water partition coefficient (Wildman–Crippen LogP) is 6.29. The zero-order chi connectivity index (χ0) is 30.6. The Bertz CT molecular complexity index is 1600. The number of nitrogens with zero attached hydrogens (tertiary/aromatic N) is 3. The van der Waals surface area contributed by atoms with Crippen LogP contribution >= 0.6 is 0 Å². The molecule has 1 atom stereocenters. The molecule has 220 valence electrons. The highest BCUT2D eigenvalue weighted by Gasteiger charge is 2.37. The van der Waals surface area contributed by atoms with Crippen molar-refractivity contribution < 1.29 is 35.9 Å². The minimum absolute atomic E-state index is 0.0525. The first-order valence-electron chi connectivity index (χ1n) is 12.9. The molecule has 0 aliphatic carbocycles. The summed E-state index contributed by atoms with van der Waals surface area (Å²) in [5, 5.41) is 6.21.